The van der Waals surface area contributed by atoms with Gasteiger partial charge in [0.05, 0.1) is 0 Å². The lowest BCUT2D eigenvalue weighted by Crippen LogP contribution is -1.90. The van der Waals surface area contributed by atoms with Crippen molar-refractivity contribution in [1.29, 1.82) is 0 Å². The lowest BCUT2D eigenvalue weighted by atomic mass is 10.1. The molecule has 0 atom stereocenters. The average Bonchev–Trinajstić information content (AvgIpc) is 2.67. The Morgan fingerprint density at radius 1 is 1.41 bits per heavy atom. The first-order valence-electron chi connectivity index (χ1n) is 4.89. The van der Waals surface area contributed by atoms with Crippen molar-refractivity contribution in [3.05, 3.63) is 35.7 Å². The van der Waals surface area contributed by atoms with Crippen LogP contribution in [0, 0.1) is 0 Å². The molecule has 0 aliphatic rings. The van der Waals surface area contributed by atoms with E-state index in [0.717, 1.165) is 6.08 Å². The Hall–Kier alpha value is -2.43. The summed E-state index contributed by atoms with van der Waals surface area (Å²) in [4.78, 5) is 25.5. The minimum Gasteiger partial charge on any atom is -0.478 e. The fraction of sp³-hybridized carbons (Fsp3) is 0.0833. The number of rotatable bonds is 3. The number of aromatic nitrogens is 1. The van der Waals surface area contributed by atoms with E-state index in [-0.39, 0.29) is 11.7 Å². The van der Waals surface area contributed by atoms with Gasteiger partial charge in [-0.15, -0.1) is 0 Å². The van der Waals surface area contributed by atoms with Gasteiger partial charge in [-0.25, -0.2) is 9.78 Å². The van der Waals surface area contributed by atoms with Crippen molar-refractivity contribution in [2.45, 2.75) is 6.92 Å². The van der Waals surface area contributed by atoms with Crippen LogP contribution >= 0.6 is 0 Å². The van der Waals surface area contributed by atoms with Crippen LogP contribution in [0.3, 0.4) is 0 Å². The Bertz CT molecular complexity index is 624. The maximum absolute atomic E-state index is 11.2. The van der Waals surface area contributed by atoms with Crippen LogP contribution in [0.5, 0.6) is 0 Å². The van der Waals surface area contributed by atoms with Crippen molar-refractivity contribution in [2.24, 2.45) is 0 Å². The zero-order valence-corrected chi connectivity index (χ0v) is 9.01. The molecule has 0 amide bonds. The molecule has 0 saturated carbocycles. The zero-order valence-electron chi connectivity index (χ0n) is 9.01. The van der Waals surface area contributed by atoms with Gasteiger partial charge in [-0.1, -0.05) is 0 Å². The van der Waals surface area contributed by atoms with E-state index in [1.54, 1.807) is 18.2 Å². The van der Waals surface area contributed by atoms with Gasteiger partial charge >= 0.3 is 5.97 Å². The van der Waals surface area contributed by atoms with Crippen LogP contribution in [0.15, 0.2) is 28.7 Å². The van der Waals surface area contributed by atoms with Crippen LogP contribution in [0.4, 0.5) is 0 Å². The molecular weight excluding hydrogens is 222 g/mol. The number of hydrogen-bond acceptors (Lipinski definition) is 4. The Morgan fingerprint density at radius 2 is 2.18 bits per heavy atom. The minimum atomic E-state index is -1.07. The van der Waals surface area contributed by atoms with Gasteiger partial charge in [0.1, 0.15) is 5.52 Å². The number of carboxylic acids is 1. The van der Waals surface area contributed by atoms with E-state index in [1.807, 2.05) is 0 Å². The summed E-state index contributed by atoms with van der Waals surface area (Å²) in [5.74, 6) is -0.933. The number of ketones is 1. The molecule has 0 aliphatic carbocycles. The normalized spacial score (nSPS) is 11.1. The third-order valence-electron chi connectivity index (χ3n) is 2.18. The maximum atomic E-state index is 11.2. The smallest absolute Gasteiger partial charge is 0.328 e. The highest BCUT2D eigenvalue weighted by molar-refractivity contribution is 5.97. The zero-order chi connectivity index (χ0) is 12.4. The molecule has 5 nitrogen and oxygen atoms in total. The SMILES string of the molecule is CC(=O)c1ccc2oc(/C=C/C(=O)O)nc2c1. The third kappa shape index (κ3) is 2.39. The number of benzene rings is 1. The molecule has 2 rings (SSSR count). The van der Waals surface area contributed by atoms with E-state index in [4.69, 9.17) is 9.52 Å². The molecule has 17 heavy (non-hydrogen) atoms. The molecule has 1 aromatic carbocycles. The van der Waals surface area contributed by atoms with Crippen molar-refractivity contribution in [1.82, 2.24) is 4.98 Å². The van der Waals surface area contributed by atoms with E-state index in [1.165, 1.54) is 13.0 Å². The Morgan fingerprint density at radius 3 is 2.82 bits per heavy atom. The van der Waals surface area contributed by atoms with Crippen LogP contribution in [0.1, 0.15) is 23.2 Å². The number of Topliss-reactive ketones (excluding diaryl/α,β-unsaturated/α-hetero) is 1. The molecule has 0 spiro atoms. The molecule has 0 aliphatic heterocycles. The fourth-order valence-electron chi connectivity index (χ4n) is 1.38. The predicted octanol–water partition coefficient (Wildman–Crippen LogP) is 2.13. The number of nitrogens with zero attached hydrogens (tertiary/aromatic N) is 1. The van der Waals surface area contributed by atoms with Gasteiger partial charge in [-0.05, 0) is 25.1 Å². The quantitative estimate of drug-likeness (QED) is 0.646. The summed E-state index contributed by atoms with van der Waals surface area (Å²) in [6, 6.07) is 4.89. The van der Waals surface area contributed by atoms with Crippen LogP contribution in [-0.2, 0) is 4.79 Å². The third-order valence-corrected chi connectivity index (χ3v) is 2.18. The highest BCUT2D eigenvalue weighted by Crippen LogP contribution is 2.18. The van der Waals surface area contributed by atoms with Crippen molar-refractivity contribution in [3.63, 3.8) is 0 Å². The van der Waals surface area contributed by atoms with Crippen LogP contribution in [0.2, 0.25) is 0 Å². The molecule has 86 valence electrons. The summed E-state index contributed by atoms with van der Waals surface area (Å²) in [5, 5.41) is 8.47. The second-order valence-electron chi connectivity index (χ2n) is 3.46. The van der Waals surface area contributed by atoms with E-state index in [9.17, 15) is 9.59 Å². The van der Waals surface area contributed by atoms with Crippen LogP contribution in [0.25, 0.3) is 17.2 Å². The van der Waals surface area contributed by atoms with Gasteiger partial charge in [-0.2, -0.15) is 0 Å². The standard InChI is InChI=1S/C12H9NO4/c1-7(14)8-2-3-10-9(6-8)13-11(17-10)4-5-12(15)16/h2-6H,1H3,(H,15,16)/b5-4+. The van der Waals surface area contributed by atoms with E-state index >= 15 is 0 Å². The summed E-state index contributed by atoms with van der Waals surface area (Å²) >= 11 is 0. The first-order chi connectivity index (χ1) is 8.06. The largest absolute Gasteiger partial charge is 0.478 e. The van der Waals surface area contributed by atoms with E-state index < -0.39 is 5.97 Å². The predicted molar refractivity (Wildman–Crippen MR) is 60.7 cm³/mol. The lowest BCUT2D eigenvalue weighted by molar-refractivity contribution is -0.131. The topological polar surface area (TPSA) is 80.4 Å². The van der Waals surface area contributed by atoms with Crippen molar-refractivity contribution in [3.8, 4) is 0 Å². The van der Waals surface area contributed by atoms with Gasteiger partial charge in [0.25, 0.3) is 0 Å². The highest BCUT2D eigenvalue weighted by atomic mass is 16.4. The van der Waals surface area contributed by atoms with E-state index in [2.05, 4.69) is 4.98 Å². The first kappa shape index (κ1) is 11.1. The Labute approximate surface area is 96.4 Å². The monoisotopic (exact) mass is 231 g/mol. The molecule has 2 aromatic rings. The molecule has 0 saturated heterocycles. The fourth-order valence-corrected chi connectivity index (χ4v) is 1.38. The maximum Gasteiger partial charge on any atom is 0.328 e. The minimum absolute atomic E-state index is 0.0578. The van der Waals surface area contributed by atoms with Gasteiger partial charge < -0.3 is 9.52 Å². The Balaban J connectivity index is 2.43. The number of aliphatic carboxylic acids is 1. The summed E-state index contributed by atoms with van der Waals surface area (Å²) < 4.78 is 5.28. The van der Waals surface area contributed by atoms with Crippen molar-refractivity contribution in [2.75, 3.05) is 0 Å². The number of carbonyl (C=O) groups excluding carboxylic acids is 1. The number of oxazole rings is 1. The van der Waals surface area contributed by atoms with Crippen LogP contribution in [-0.4, -0.2) is 21.8 Å². The van der Waals surface area contributed by atoms with Gasteiger partial charge in [0, 0.05) is 17.7 Å². The number of carboxylic acid groups (broad SMARTS) is 1. The lowest BCUT2D eigenvalue weighted by Gasteiger charge is -1.92. The van der Waals surface area contributed by atoms with Crippen molar-refractivity contribution >= 4 is 28.9 Å². The average molecular weight is 231 g/mol. The van der Waals surface area contributed by atoms with E-state index in [0.29, 0.717) is 16.7 Å². The molecule has 1 aromatic heterocycles. The van der Waals surface area contributed by atoms with Gasteiger partial charge in [0.15, 0.2) is 11.4 Å². The summed E-state index contributed by atoms with van der Waals surface area (Å²) in [6.07, 6.45) is 2.20. The number of hydrogen-bond donors (Lipinski definition) is 1. The first-order valence-corrected chi connectivity index (χ1v) is 4.89. The number of carbonyl (C=O) groups is 2. The molecular formula is C12H9NO4. The molecule has 0 fully saturated rings. The highest BCUT2D eigenvalue weighted by Gasteiger charge is 2.06. The second-order valence-corrected chi connectivity index (χ2v) is 3.46. The molecule has 0 radical (unpaired) electrons. The molecule has 1 heterocycles. The summed E-state index contributed by atoms with van der Waals surface area (Å²) in [7, 11) is 0. The molecule has 0 bridgehead atoms. The summed E-state index contributed by atoms with van der Waals surface area (Å²) in [6.45, 7) is 1.46. The van der Waals surface area contributed by atoms with Gasteiger partial charge in [-0.3, -0.25) is 4.79 Å². The summed E-state index contributed by atoms with van der Waals surface area (Å²) in [5.41, 5.74) is 1.59. The molecule has 0 unspecified atom stereocenters. The second kappa shape index (κ2) is 4.21. The van der Waals surface area contributed by atoms with Crippen LogP contribution < -0.4 is 0 Å². The number of fused-ring (bicyclic) bond motifs is 1. The van der Waals surface area contributed by atoms with Crippen molar-refractivity contribution < 1.29 is 19.1 Å². The van der Waals surface area contributed by atoms with Gasteiger partial charge in [0.2, 0.25) is 5.89 Å². The molecule has 1 N–H and O–H groups in total. The Kier molecular flexibility index (Phi) is 2.74. The molecule has 5 heteroatoms.